The van der Waals surface area contributed by atoms with Crippen molar-refractivity contribution in [2.45, 2.75) is 64.0 Å². The average molecular weight is 390 g/mol. The first-order valence-corrected chi connectivity index (χ1v) is 11.0. The zero-order chi connectivity index (χ0) is 18.8. The molecule has 0 unspecified atom stereocenters. The quantitative estimate of drug-likeness (QED) is 0.833. The van der Waals surface area contributed by atoms with Crippen molar-refractivity contribution >= 4 is 23.2 Å². The third-order valence-electron chi connectivity index (χ3n) is 6.84. The van der Waals surface area contributed by atoms with Crippen LogP contribution in [0, 0.1) is 12.8 Å². The number of carbonyl (C=O) groups excluding carboxylic acids is 1. The van der Waals surface area contributed by atoms with Crippen molar-refractivity contribution in [2.24, 2.45) is 5.92 Å². The van der Waals surface area contributed by atoms with Gasteiger partial charge in [-0.3, -0.25) is 9.69 Å². The molecule has 0 spiro atoms. The summed E-state index contributed by atoms with van der Waals surface area (Å²) in [5.74, 6) is 0.625. The molecule has 148 valence electrons. The van der Waals surface area contributed by atoms with Gasteiger partial charge in [-0.2, -0.15) is 0 Å². The number of halogens is 1. The molecule has 4 nitrogen and oxygen atoms in total. The average Bonchev–Trinajstić information content (AvgIpc) is 2.64. The Morgan fingerprint density at radius 1 is 1.04 bits per heavy atom. The molecule has 3 fully saturated rings. The first-order chi connectivity index (χ1) is 13.1. The molecule has 0 atom stereocenters. The lowest BCUT2D eigenvalue weighted by molar-refractivity contribution is -0.139. The van der Waals surface area contributed by atoms with E-state index < -0.39 is 0 Å². The minimum absolute atomic E-state index is 0.222. The van der Waals surface area contributed by atoms with Gasteiger partial charge in [0.05, 0.1) is 0 Å². The second-order valence-electron chi connectivity index (χ2n) is 8.60. The van der Waals surface area contributed by atoms with E-state index in [-0.39, 0.29) is 5.92 Å². The highest BCUT2D eigenvalue weighted by Crippen LogP contribution is 2.30. The molecule has 4 rings (SSSR count). The van der Waals surface area contributed by atoms with Crippen LogP contribution in [0.2, 0.25) is 5.02 Å². The van der Waals surface area contributed by atoms with Gasteiger partial charge in [0, 0.05) is 54.9 Å². The summed E-state index contributed by atoms with van der Waals surface area (Å²) in [5, 5.41) is 4.41. The molecule has 1 aromatic carbocycles. The van der Waals surface area contributed by atoms with Crippen LogP contribution in [0.25, 0.3) is 0 Å². The minimum Gasteiger partial charge on any atom is -0.382 e. The van der Waals surface area contributed by atoms with E-state index in [1.807, 2.05) is 13.0 Å². The molecule has 1 aliphatic heterocycles. The standard InChI is InChI=1S/C22H32ClN3O/c1-16-5-8-19(15-21(16)23)24-18-9-6-17(7-10-18)22(27)26-13-11-25(12-14-26)20-3-2-4-20/h5,8,15,17-18,20,24H,2-4,6-7,9-14H2,1H3/t17-,18+. The topological polar surface area (TPSA) is 35.6 Å². The summed E-state index contributed by atoms with van der Waals surface area (Å²) in [6.07, 6.45) is 8.22. The zero-order valence-corrected chi connectivity index (χ0v) is 17.2. The molecule has 1 aromatic rings. The SMILES string of the molecule is Cc1ccc(N[C@H]2CC[C@@H](C(=O)N3CCN(C4CCC4)CC3)CC2)cc1Cl. The predicted molar refractivity (Wildman–Crippen MR) is 111 cm³/mol. The second kappa shape index (κ2) is 8.40. The van der Waals surface area contributed by atoms with Gasteiger partial charge in [-0.25, -0.2) is 0 Å². The molecule has 2 aliphatic carbocycles. The van der Waals surface area contributed by atoms with E-state index in [0.29, 0.717) is 11.9 Å². The number of anilines is 1. The van der Waals surface area contributed by atoms with Gasteiger partial charge >= 0.3 is 0 Å². The fourth-order valence-corrected chi connectivity index (χ4v) is 4.90. The highest BCUT2D eigenvalue weighted by Gasteiger charge is 2.33. The Balaban J connectivity index is 1.22. The van der Waals surface area contributed by atoms with Crippen LogP contribution in [0.5, 0.6) is 0 Å². The number of nitrogens with zero attached hydrogens (tertiary/aromatic N) is 2. The minimum atomic E-state index is 0.222. The van der Waals surface area contributed by atoms with Crippen LogP contribution in [0.4, 0.5) is 5.69 Å². The molecule has 27 heavy (non-hydrogen) atoms. The van der Waals surface area contributed by atoms with E-state index >= 15 is 0 Å². The van der Waals surface area contributed by atoms with Crippen LogP contribution in [0.3, 0.4) is 0 Å². The Kier molecular flexibility index (Phi) is 5.93. The second-order valence-corrected chi connectivity index (χ2v) is 9.01. The van der Waals surface area contributed by atoms with Crippen molar-refractivity contribution in [3.8, 4) is 0 Å². The summed E-state index contributed by atoms with van der Waals surface area (Å²) in [7, 11) is 0. The van der Waals surface area contributed by atoms with E-state index in [9.17, 15) is 4.79 Å². The molecule has 2 saturated carbocycles. The lowest BCUT2D eigenvalue weighted by atomic mass is 9.84. The first kappa shape index (κ1) is 19.1. The van der Waals surface area contributed by atoms with Crippen molar-refractivity contribution in [2.75, 3.05) is 31.5 Å². The molecular formula is C22H32ClN3O. The molecule has 5 heteroatoms. The predicted octanol–water partition coefficient (Wildman–Crippen LogP) is 4.32. The highest BCUT2D eigenvalue weighted by molar-refractivity contribution is 6.31. The fraction of sp³-hybridized carbons (Fsp3) is 0.682. The molecule has 0 aromatic heterocycles. The first-order valence-electron chi connectivity index (χ1n) is 10.7. The maximum absolute atomic E-state index is 12.9. The number of amides is 1. The Bertz CT molecular complexity index is 660. The van der Waals surface area contributed by atoms with Crippen molar-refractivity contribution in [3.05, 3.63) is 28.8 Å². The summed E-state index contributed by atoms with van der Waals surface area (Å²) in [6, 6.07) is 7.42. The Morgan fingerprint density at radius 3 is 2.33 bits per heavy atom. The highest BCUT2D eigenvalue weighted by atomic mass is 35.5. The zero-order valence-electron chi connectivity index (χ0n) is 16.4. The molecule has 1 saturated heterocycles. The van der Waals surface area contributed by atoms with E-state index in [2.05, 4.69) is 27.2 Å². The van der Waals surface area contributed by atoms with Gasteiger partial charge in [0.1, 0.15) is 0 Å². The summed E-state index contributed by atoms with van der Waals surface area (Å²) in [4.78, 5) is 17.7. The molecule has 0 radical (unpaired) electrons. The van der Waals surface area contributed by atoms with Gasteiger partial charge in [0.2, 0.25) is 5.91 Å². The number of benzene rings is 1. The summed E-state index contributed by atoms with van der Waals surface area (Å²) >= 11 is 6.23. The van der Waals surface area contributed by atoms with Crippen LogP contribution in [-0.2, 0) is 4.79 Å². The van der Waals surface area contributed by atoms with Gasteiger partial charge < -0.3 is 10.2 Å². The largest absolute Gasteiger partial charge is 0.382 e. The van der Waals surface area contributed by atoms with E-state index in [0.717, 1.165) is 74.2 Å². The van der Waals surface area contributed by atoms with Gasteiger partial charge in [-0.05, 0) is 63.1 Å². The number of nitrogens with one attached hydrogen (secondary N) is 1. The summed E-state index contributed by atoms with van der Waals surface area (Å²) < 4.78 is 0. The molecule has 0 bridgehead atoms. The maximum atomic E-state index is 12.9. The Morgan fingerprint density at radius 2 is 1.74 bits per heavy atom. The smallest absolute Gasteiger partial charge is 0.225 e. The Hall–Kier alpha value is -1.26. The molecule has 1 heterocycles. The lowest BCUT2D eigenvalue weighted by Gasteiger charge is -2.44. The van der Waals surface area contributed by atoms with Gasteiger partial charge in [0.25, 0.3) is 0 Å². The maximum Gasteiger partial charge on any atom is 0.225 e. The molecule has 1 amide bonds. The van der Waals surface area contributed by atoms with E-state index in [1.165, 1.54) is 19.3 Å². The van der Waals surface area contributed by atoms with Crippen LogP contribution < -0.4 is 5.32 Å². The van der Waals surface area contributed by atoms with Crippen LogP contribution in [0.1, 0.15) is 50.5 Å². The van der Waals surface area contributed by atoms with Gasteiger partial charge in [0.15, 0.2) is 0 Å². The number of aryl methyl sites for hydroxylation is 1. The van der Waals surface area contributed by atoms with Crippen molar-refractivity contribution < 1.29 is 4.79 Å². The van der Waals surface area contributed by atoms with Crippen molar-refractivity contribution in [1.29, 1.82) is 0 Å². The van der Waals surface area contributed by atoms with E-state index in [1.54, 1.807) is 0 Å². The van der Waals surface area contributed by atoms with Crippen LogP contribution >= 0.6 is 11.6 Å². The molecule has 1 N–H and O–H groups in total. The number of hydrogen-bond donors (Lipinski definition) is 1. The number of piperazine rings is 1. The summed E-state index contributed by atoms with van der Waals surface area (Å²) in [5.41, 5.74) is 2.20. The molecule has 3 aliphatic rings. The third-order valence-corrected chi connectivity index (χ3v) is 7.24. The van der Waals surface area contributed by atoms with Gasteiger partial charge in [-0.1, -0.05) is 24.1 Å². The summed E-state index contributed by atoms with van der Waals surface area (Å²) in [6.45, 7) is 6.02. The third kappa shape index (κ3) is 4.43. The fourth-order valence-electron chi connectivity index (χ4n) is 4.72. The van der Waals surface area contributed by atoms with Crippen LogP contribution in [-0.4, -0.2) is 54.0 Å². The lowest BCUT2D eigenvalue weighted by Crippen LogP contribution is -2.54. The van der Waals surface area contributed by atoms with E-state index in [4.69, 9.17) is 11.6 Å². The number of carbonyl (C=O) groups is 1. The van der Waals surface area contributed by atoms with Gasteiger partial charge in [-0.15, -0.1) is 0 Å². The molecular weight excluding hydrogens is 358 g/mol. The monoisotopic (exact) mass is 389 g/mol. The number of hydrogen-bond acceptors (Lipinski definition) is 3. The van der Waals surface area contributed by atoms with Crippen molar-refractivity contribution in [3.63, 3.8) is 0 Å². The normalized spacial score (nSPS) is 27.3. The Labute approximate surface area is 168 Å². The van der Waals surface area contributed by atoms with Crippen LogP contribution in [0.15, 0.2) is 18.2 Å². The van der Waals surface area contributed by atoms with Crippen molar-refractivity contribution in [1.82, 2.24) is 9.80 Å². The number of rotatable bonds is 4.